The van der Waals surface area contributed by atoms with Gasteiger partial charge >= 0.3 is 0 Å². The number of furan rings is 1. The first kappa shape index (κ1) is 25.3. The first-order chi connectivity index (χ1) is 18.4. The average Bonchev–Trinajstić information content (AvgIpc) is 3.67. The molecule has 1 unspecified atom stereocenters. The Bertz CT molecular complexity index is 1420. The molecule has 1 saturated carbocycles. The first-order valence-corrected chi connectivity index (χ1v) is 12.8. The highest BCUT2D eigenvalue weighted by Gasteiger charge is 2.35. The van der Waals surface area contributed by atoms with Gasteiger partial charge < -0.3 is 9.73 Å². The fraction of sp³-hybridized carbons (Fsp3) is 0.357. The molecule has 1 N–H and O–H groups in total. The average molecular weight is 514 g/mol. The number of aryl methyl sites for hydroxylation is 3. The maximum absolute atomic E-state index is 14.1. The van der Waals surface area contributed by atoms with Crippen LogP contribution in [0.3, 0.4) is 0 Å². The predicted molar refractivity (Wildman–Crippen MR) is 141 cm³/mol. The molecule has 0 radical (unpaired) electrons. The number of nitrogens with one attached hydrogen (secondary N) is 1. The third kappa shape index (κ3) is 5.49. The van der Waals surface area contributed by atoms with Crippen LogP contribution in [-0.2, 0) is 16.1 Å². The number of nitrogens with zero attached hydrogens (tertiary/aromatic N) is 6. The van der Waals surface area contributed by atoms with E-state index in [2.05, 4.69) is 25.7 Å². The van der Waals surface area contributed by atoms with Crippen molar-refractivity contribution >= 4 is 17.5 Å². The zero-order valence-corrected chi connectivity index (χ0v) is 21.8. The lowest BCUT2D eigenvalue weighted by Gasteiger charge is -2.33. The Morgan fingerprint density at radius 3 is 2.55 bits per heavy atom. The molecule has 10 nitrogen and oxygen atoms in total. The van der Waals surface area contributed by atoms with Crippen LogP contribution in [0.4, 0.5) is 5.69 Å². The Kier molecular flexibility index (Phi) is 7.30. The monoisotopic (exact) mass is 513 g/mol. The number of rotatable bonds is 8. The molecule has 0 spiro atoms. The molecule has 1 aliphatic carbocycles. The summed E-state index contributed by atoms with van der Waals surface area (Å²) in [6, 6.07) is 12.2. The Hall–Kier alpha value is -4.34. The van der Waals surface area contributed by atoms with Crippen LogP contribution in [0.2, 0.25) is 0 Å². The Balaban J connectivity index is 1.53. The highest BCUT2D eigenvalue weighted by Crippen LogP contribution is 2.32. The molecule has 1 atom stereocenters. The minimum Gasteiger partial charge on any atom is -0.458 e. The zero-order chi connectivity index (χ0) is 26.6. The lowest BCUT2D eigenvalue weighted by molar-refractivity contribution is -0.127. The first-order valence-electron chi connectivity index (χ1n) is 12.8. The van der Waals surface area contributed by atoms with E-state index in [1.165, 1.54) is 4.80 Å². The van der Waals surface area contributed by atoms with Crippen LogP contribution in [0.5, 0.6) is 0 Å². The smallest absolute Gasteiger partial charge is 0.251 e. The minimum absolute atomic E-state index is 0.0960. The lowest BCUT2D eigenvalue weighted by atomic mass is 10.0. The number of anilines is 1. The van der Waals surface area contributed by atoms with Crippen molar-refractivity contribution in [3.05, 3.63) is 77.3 Å². The second kappa shape index (κ2) is 11.0. The van der Waals surface area contributed by atoms with Gasteiger partial charge in [0.25, 0.3) is 5.91 Å². The molecule has 1 fully saturated rings. The van der Waals surface area contributed by atoms with Gasteiger partial charge in [-0.25, -0.2) is 0 Å². The number of aromatic nitrogens is 5. The van der Waals surface area contributed by atoms with E-state index in [1.54, 1.807) is 35.5 Å². The molecule has 0 saturated heterocycles. The van der Waals surface area contributed by atoms with Crippen molar-refractivity contribution < 1.29 is 14.0 Å². The second-order valence-corrected chi connectivity index (χ2v) is 9.78. The lowest BCUT2D eigenvalue weighted by Crippen LogP contribution is -2.47. The molecular weight excluding hydrogens is 482 g/mol. The van der Waals surface area contributed by atoms with Crippen molar-refractivity contribution in [1.29, 1.82) is 0 Å². The molecular formula is C28H31N7O3. The molecule has 5 rings (SSSR count). The van der Waals surface area contributed by atoms with Crippen molar-refractivity contribution in [2.75, 3.05) is 4.90 Å². The quantitative estimate of drug-likeness (QED) is 0.377. The zero-order valence-electron chi connectivity index (χ0n) is 21.8. The van der Waals surface area contributed by atoms with Gasteiger partial charge in [-0.1, -0.05) is 25.0 Å². The van der Waals surface area contributed by atoms with Gasteiger partial charge in [-0.3, -0.25) is 19.5 Å². The number of hydrogen-bond donors (Lipinski definition) is 1. The molecule has 196 valence electrons. The van der Waals surface area contributed by atoms with Gasteiger partial charge in [0.1, 0.15) is 18.3 Å². The van der Waals surface area contributed by atoms with E-state index in [0.717, 1.165) is 42.6 Å². The van der Waals surface area contributed by atoms with E-state index < -0.39 is 6.04 Å². The van der Waals surface area contributed by atoms with Gasteiger partial charge in [0.05, 0.1) is 0 Å². The van der Waals surface area contributed by atoms with Crippen molar-refractivity contribution in [2.45, 2.75) is 65.1 Å². The normalized spacial score (nSPS) is 14.4. The summed E-state index contributed by atoms with van der Waals surface area (Å²) in [7, 11) is 0. The van der Waals surface area contributed by atoms with Gasteiger partial charge in [0.2, 0.25) is 11.7 Å². The van der Waals surface area contributed by atoms with E-state index in [-0.39, 0.29) is 30.2 Å². The van der Waals surface area contributed by atoms with Crippen molar-refractivity contribution in [1.82, 2.24) is 30.5 Å². The maximum Gasteiger partial charge on any atom is 0.251 e. The van der Waals surface area contributed by atoms with Gasteiger partial charge in [0, 0.05) is 24.1 Å². The van der Waals surface area contributed by atoms with Crippen molar-refractivity contribution in [3.63, 3.8) is 0 Å². The maximum atomic E-state index is 14.1. The van der Waals surface area contributed by atoms with Crippen LogP contribution in [0.1, 0.15) is 54.2 Å². The van der Waals surface area contributed by atoms with Gasteiger partial charge in [0.15, 0.2) is 5.76 Å². The van der Waals surface area contributed by atoms with Crippen LogP contribution in [-0.4, -0.2) is 43.0 Å². The number of carbonyl (C=O) groups is 2. The molecule has 1 aromatic carbocycles. The second-order valence-electron chi connectivity index (χ2n) is 9.78. The molecule has 4 aromatic rings. The minimum atomic E-state index is -0.901. The molecule has 1 aliphatic rings. The van der Waals surface area contributed by atoms with Crippen molar-refractivity contribution in [2.24, 2.45) is 0 Å². The summed E-state index contributed by atoms with van der Waals surface area (Å²) in [5, 5.41) is 15.7. The Morgan fingerprint density at radius 2 is 1.84 bits per heavy atom. The molecule has 3 heterocycles. The summed E-state index contributed by atoms with van der Waals surface area (Å²) < 4.78 is 5.59. The summed E-state index contributed by atoms with van der Waals surface area (Å²) >= 11 is 0. The SMILES string of the molecule is Cc1ccc(C)c(N(C(=O)Cn2nnc(-c3ccc(C)o3)n2)C(C(=O)NC2CCCC2)c2ccncc2)c1. The predicted octanol–water partition coefficient (Wildman–Crippen LogP) is 4.09. The van der Waals surface area contributed by atoms with Crippen LogP contribution in [0, 0.1) is 20.8 Å². The summed E-state index contributed by atoms with van der Waals surface area (Å²) in [6.45, 7) is 5.51. The Morgan fingerprint density at radius 1 is 1.08 bits per heavy atom. The van der Waals surface area contributed by atoms with Gasteiger partial charge in [-0.15, -0.1) is 10.2 Å². The van der Waals surface area contributed by atoms with E-state index in [0.29, 0.717) is 17.0 Å². The summed E-state index contributed by atoms with van der Waals surface area (Å²) in [5.74, 6) is 0.909. The van der Waals surface area contributed by atoms with E-state index in [9.17, 15) is 9.59 Å². The summed E-state index contributed by atoms with van der Waals surface area (Å²) in [6.07, 6.45) is 7.30. The summed E-state index contributed by atoms with van der Waals surface area (Å²) in [5.41, 5.74) is 3.17. The standard InChI is InChI=1S/C28H31N7O3/c1-18-8-9-19(2)23(16-18)35(25(36)17-34-32-27(31-33-34)24-11-10-20(3)38-24)26(21-12-14-29-15-13-21)28(37)30-22-6-4-5-7-22/h8-16,22,26H,4-7,17H2,1-3H3,(H,30,37). The van der Waals surface area contributed by atoms with Crippen LogP contribution in [0.15, 0.2) is 59.3 Å². The molecule has 0 bridgehead atoms. The number of pyridine rings is 1. The highest BCUT2D eigenvalue weighted by molar-refractivity contribution is 6.01. The highest BCUT2D eigenvalue weighted by atomic mass is 16.3. The van der Waals surface area contributed by atoms with Gasteiger partial charge in [-0.05, 0) is 85.8 Å². The largest absolute Gasteiger partial charge is 0.458 e. The number of carbonyl (C=O) groups excluding carboxylic acids is 2. The molecule has 0 aliphatic heterocycles. The van der Waals surface area contributed by atoms with Crippen LogP contribution >= 0.6 is 0 Å². The molecule has 38 heavy (non-hydrogen) atoms. The Labute approximate surface area is 221 Å². The molecule has 3 aromatic heterocycles. The number of hydrogen-bond acceptors (Lipinski definition) is 7. The fourth-order valence-corrected chi connectivity index (χ4v) is 4.87. The van der Waals surface area contributed by atoms with Crippen molar-refractivity contribution in [3.8, 4) is 11.6 Å². The molecule has 2 amide bonds. The van der Waals surface area contributed by atoms with E-state index >= 15 is 0 Å². The third-order valence-electron chi connectivity index (χ3n) is 6.81. The number of benzene rings is 1. The fourth-order valence-electron chi connectivity index (χ4n) is 4.87. The third-order valence-corrected chi connectivity index (χ3v) is 6.81. The summed E-state index contributed by atoms with van der Waals surface area (Å²) in [4.78, 5) is 34.8. The van der Waals surface area contributed by atoms with Gasteiger partial charge in [-0.2, -0.15) is 4.80 Å². The topological polar surface area (TPSA) is 119 Å². The number of amides is 2. The number of tetrazole rings is 1. The van der Waals surface area contributed by atoms with Crippen LogP contribution in [0.25, 0.3) is 11.6 Å². The van der Waals surface area contributed by atoms with E-state index in [1.807, 2.05) is 45.0 Å². The van der Waals surface area contributed by atoms with Crippen LogP contribution < -0.4 is 10.2 Å². The van der Waals surface area contributed by atoms with E-state index in [4.69, 9.17) is 4.42 Å². The molecule has 10 heteroatoms.